The van der Waals surface area contributed by atoms with Gasteiger partial charge in [0.1, 0.15) is 31.0 Å². The van der Waals surface area contributed by atoms with Gasteiger partial charge < -0.3 is 37.4 Å². The first-order valence-electron chi connectivity index (χ1n) is 15.0. The molecule has 2 rings (SSSR count). The van der Waals surface area contributed by atoms with E-state index in [0.29, 0.717) is 51.6 Å². The zero-order chi connectivity index (χ0) is 30.9. The van der Waals surface area contributed by atoms with Crippen molar-refractivity contribution in [3.63, 3.8) is 0 Å². The molecule has 14 nitrogen and oxygen atoms in total. The van der Waals surface area contributed by atoms with Crippen molar-refractivity contribution in [2.75, 3.05) is 26.7 Å². The monoisotopic (exact) mass is 595 g/mol. The maximum absolute atomic E-state index is 13.7. The van der Waals surface area contributed by atoms with Crippen molar-refractivity contribution in [2.24, 2.45) is 11.5 Å². The summed E-state index contributed by atoms with van der Waals surface area (Å²) in [6.07, 6.45) is -0.480. The number of aliphatic hydroxyl groups is 3. The van der Waals surface area contributed by atoms with E-state index in [0.717, 1.165) is 5.56 Å². The van der Waals surface area contributed by atoms with Crippen molar-refractivity contribution in [3.05, 3.63) is 35.9 Å². The average Bonchev–Trinajstić information content (AvgIpc) is 2.99. The van der Waals surface area contributed by atoms with E-state index < -0.39 is 54.7 Å². The molecular weight excluding hydrogens is 542 g/mol. The molecule has 0 aliphatic carbocycles. The van der Waals surface area contributed by atoms with E-state index in [-0.39, 0.29) is 19.3 Å². The highest BCUT2D eigenvalue weighted by Crippen LogP contribution is 2.11. The summed E-state index contributed by atoms with van der Waals surface area (Å²) >= 11 is 0. The van der Waals surface area contributed by atoms with Gasteiger partial charge >= 0.3 is 0 Å². The normalized spacial score (nSPS) is 29.2. The molecule has 8 atom stereocenters. The van der Waals surface area contributed by atoms with Crippen LogP contribution in [0.15, 0.2) is 30.3 Å². The minimum atomic E-state index is -1.22. The number of carbonyl (C=O) groups is 2. The number of carbonyl (C=O) groups excluding carboxylic acids is 2. The summed E-state index contributed by atoms with van der Waals surface area (Å²) in [4.78, 5) is 26.9. The number of benzene rings is 1. The van der Waals surface area contributed by atoms with Crippen molar-refractivity contribution in [3.8, 4) is 0 Å². The number of rotatable bonds is 13. The number of nitrogens with one attached hydrogen (secondary N) is 7. The van der Waals surface area contributed by atoms with Gasteiger partial charge in [-0.1, -0.05) is 43.7 Å². The SMILES string of the molecule is CC[C@@H]1N[C@H](O)CN[C@H](O)C(CCCN[C@@H](N)NC)N[C@H](O)C(CCCCN)NC(=O)C(Cc2ccccc2)NC1=O. The fraction of sp³-hybridized carbons (Fsp3) is 0.714. The molecule has 1 aromatic rings. The Hall–Kier alpha value is -2.24. The second-order valence-corrected chi connectivity index (χ2v) is 10.7. The molecule has 1 heterocycles. The third-order valence-corrected chi connectivity index (χ3v) is 7.37. The van der Waals surface area contributed by atoms with Crippen molar-refractivity contribution in [2.45, 2.75) is 101 Å². The Bertz CT molecular complexity index is 900. The van der Waals surface area contributed by atoms with Crippen LogP contribution in [0.5, 0.6) is 0 Å². The van der Waals surface area contributed by atoms with Crippen LogP contribution in [0, 0.1) is 0 Å². The van der Waals surface area contributed by atoms with E-state index in [1.807, 2.05) is 30.3 Å². The summed E-state index contributed by atoms with van der Waals surface area (Å²) in [5.74, 6) is -0.886. The Morgan fingerprint density at radius 2 is 1.62 bits per heavy atom. The predicted molar refractivity (Wildman–Crippen MR) is 161 cm³/mol. The summed E-state index contributed by atoms with van der Waals surface area (Å²) in [5, 5.41) is 53.5. The lowest BCUT2D eigenvalue weighted by Gasteiger charge is -2.33. The molecule has 0 radical (unpaired) electrons. The van der Waals surface area contributed by atoms with E-state index >= 15 is 0 Å². The fourth-order valence-corrected chi connectivity index (χ4v) is 4.83. The number of amides is 2. The molecule has 1 aliphatic rings. The van der Waals surface area contributed by atoms with Gasteiger partial charge in [-0.2, -0.15) is 0 Å². The maximum Gasteiger partial charge on any atom is 0.243 e. The molecule has 14 heteroatoms. The molecule has 14 N–H and O–H groups in total. The smallest absolute Gasteiger partial charge is 0.243 e. The average molecular weight is 596 g/mol. The van der Waals surface area contributed by atoms with E-state index in [9.17, 15) is 24.9 Å². The summed E-state index contributed by atoms with van der Waals surface area (Å²) in [5.41, 5.74) is 12.4. The fourth-order valence-electron chi connectivity index (χ4n) is 4.83. The lowest BCUT2D eigenvalue weighted by Crippen LogP contribution is -2.60. The third kappa shape index (κ3) is 13.0. The van der Waals surface area contributed by atoms with Crippen molar-refractivity contribution < 1.29 is 24.9 Å². The summed E-state index contributed by atoms with van der Waals surface area (Å²) in [7, 11) is 1.73. The Labute approximate surface area is 249 Å². The van der Waals surface area contributed by atoms with Crippen molar-refractivity contribution >= 4 is 11.8 Å². The van der Waals surface area contributed by atoms with Gasteiger partial charge in [0.15, 0.2) is 0 Å². The Morgan fingerprint density at radius 1 is 0.929 bits per heavy atom. The quantitative estimate of drug-likeness (QED) is 0.0811. The van der Waals surface area contributed by atoms with Gasteiger partial charge in [-0.15, -0.1) is 0 Å². The minimum absolute atomic E-state index is 0.0628. The van der Waals surface area contributed by atoms with Crippen LogP contribution < -0.4 is 48.7 Å². The predicted octanol–water partition coefficient (Wildman–Crippen LogP) is -2.96. The zero-order valence-corrected chi connectivity index (χ0v) is 24.9. The molecule has 0 spiro atoms. The largest absolute Gasteiger partial charge is 0.377 e. The van der Waals surface area contributed by atoms with E-state index in [1.54, 1.807) is 14.0 Å². The molecule has 0 aromatic heterocycles. The second-order valence-electron chi connectivity index (χ2n) is 10.7. The highest BCUT2D eigenvalue weighted by Gasteiger charge is 2.32. The van der Waals surface area contributed by atoms with E-state index in [1.165, 1.54) is 0 Å². The molecule has 240 valence electrons. The number of hydrogen-bond donors (Lipinski definition) is 12. The molecule has 1 saturated heterocycles. The lowest BCUT2D eigenvalue weighted by molar-refractivity contribution is -0.131. The van der Waals surface area contributed by atoms with Gasteiger partial charge in [0.25, 0.3) is 0 Å². The standard InChI is InChI=1S/C28H53N9O5/c1-3-19-25(40)37-22(16-18-10-5-4-6-11-18)27(42)36-21(12-7-8-14-29)26(41)35-20(13-9-15-32-28(30)31-2)24(39)33-17-23(38)34-19/h4-6,10-11,19-24,26,28,31-35,38-39,41H,3,7-9,12-17,29-30H2,1-2H3,(H,36,42)(H,37,40)/t19-,20?,21?,22?,23+,24+,26+,28-/m0/s1. The molecule has 0 bridgehead atoms. The second kappa shape index (κ2) is 19.9. The Balaban J connectivity index is 2.33. The van der Waals surface area contributed by atoms with E-state index in [4.69, 9.17) is 11.5 Å². The van der Waals surface area contributed by atoms with Crippen LogP contribution in [0.2, 0.25) is 0 Å². The van der Waals surface area contributed by atoms with Gasteiger partial charge in [-0.25, -0.2) is 0 Å². The van der Waals surface area contributed by atoms with Gasteiger partial charge in [-0.3, -0.25) is 36.2 Å². The lowest BCUT2D eigenvalue weighted by atomic mass is 10.0. The number of aliphatic hydroxyl groups excluding tert-OH is 3. The van der Waals surface area contributed by atoms with Gasteiger partial charge in [0.05, 0.1) is 12.1 Å². The first-order valence-corrected chi connectivity index (χ1v) is 15.0. The summed E-state index contributed by atoms with van der Waals surface area (Å²) in [6.45, 7) is 2.76. The highest BCUT2D eigenvalue weighted by molar-refractivity contribution is 5.90. The van der Waals surface area contributed by atoms with Gasteiger partial charge in [0, 0.05) is 19.0 Å². The van der Waals surface area contributed by atoms with E-state index in [2.05, 4.69) is 37.2 Å². The van der Waals surface area contributed by atoms with Crippen molar-refractivity contribution in [1.29, 1.82) is 0 Å². The number of β-amino-alcohol motifs (C(OH)–C–C–N with tert-alkyl or cyclic N) is 1. The highest BCUT2D eigenvalue weighted by atomic mass is 16.3. The van der Waals surface area contributed by atoms with Crippen LogP contribution in [0.1, 0.15) is 51.0 Å². The summed E-state index contributed by atoms with van der Waals surface area (Å²) in [6, 6.07) is 6.27. The first-order chi connectivity index (χ1) is 20.2. The van der Waals surface area contributed by atoms with Gasteiger partial charge in [0.2, 0.25) is 11.8 Å². The zero-order valence-electron chi connectivity index (χ0n) is 24.9. The van der Waals surface area contributed by atoms with Crippen LogP contribution >= 0.6 is 0 Å². The maximum atomic E-state index is 13.7. The molecular formula is C28H53N9O5. The van der Waals surface area contributed by atoms with Crippen LogP contribution in [0.4, 0.5) is 0 Å². The first kappa shape index (κ1) is 36.0. The van der Waals surface area contributed by atoms with Crippen LogP contribution in [0.25, 0.3) is 0 Å². The Kier molecular flexibility index (Phi) is 17.0. The topological polar surface area (TPSA) is 231 Å². The minimum Gasteiger partial charge on any atom is -0.377 e. The molecule has 3 unspecified atom stereocenters. The van der Waals surface area contributed by atoms with Crippen LogP contribution in [0.3, 0.4) is 0 Å². The molecule has 0 saturated carbocycles. The Morgan fingerprint density at radius 3 is 2.29 bits per heavy atom. The molecule has 1 aromatic carbocycles. The number of hydrogen-bond acceptors (Lipinski definition) is 12. The van der Waals surface area contributed by atoms with Crippen LogP contribution in [-0.4, -0.2) is 103 Å². The van der Waals surface area contributed by atoms with Gasteiger partial charge in [-0.05, 0) is 57.8 Å². The number of unbranched alkanes of at least 4 members (excludes halogenated alkanes) is 1. The molecule has 2 amide bonds. The van der Waals surface area contributed by atoms with Crippen molar-refractivity contribution in [1.82, 2.24) is 37.2 Å². The van der Waals surface area contributed by atoms with Crippen LogP contribution in [-0.2, 0) is 16.0 Å². The molecule has 42 heavy (non-hydrogen) atoms. The molecule has 1 fully saturated rings. The summed E-state index contributed by atoms with van der Waals surface area (Å²) < 4.78 is 0. The molecule has 1 aliphatic heterocycles. The number of nitrogens with two attached hydrogens (primary N) is 2. The third-order valence-electron chi connectivity index (χ3n) is 7.37.